The molecule has 0 spiro atoms. The van der Waals surface area contributed by atoms with Gasteiger partial charge in [-0.15, -0.1) is 0 Å². The minimum atomic E-state index is -0.582. The quantitative estimate of drug-likeness (QED) is 0.578. The Kier molecular flexibility index (Phi) is 6.33. The van der Waals surface area contributed by atoms with Crippen molar-refractivity contribution in [3.8, 4) is 11.8 Å². The van der Waals surface area contributed by atoms with Crippen molar-refractivity contribution in [2.24, 2.45) is 17.2 Å². The van der Waals surface area contributed by atoms with E-state index in [1.54, 1.807) is 0 Å². The van der Waals surface area contributed by atoms with Crippen LogP contribution in [0.5, 0.6) is 0 Å². The Balaban J connectivity index is 2.92. The molecule has 0 unspecified atom stereocenters. The molecule has 2 amide bonds. The lowest BCUT2D eigenvalue weighted by Gasteiger charge is -2.19. The SMILES string of the molecule is NCC#Cc1cc(CN(CC(N)=O)CC(N)=O)ccc1F. The maximum Gasteiger partial charge on any atom is 0.231 e. The van der Waals surface area contributed by atoms with Gasteiger partial charge in [-0.3, -0.25) is 14.5 Å². The summed E-state index contributed by atoms with van der Waals surface area (Å²) in [6.07, 6.45) is 0. The zero-order valence-corrected chi connectivity index (χ0v) is 11.4. The molecule has 0 radical (unpaired) electrons. The van der Waals surface area contributed by atoms with E-state index in [0.29, 0.717) is 5.56 Å². The second-order valence-corrected chi connectivity index (χ2v) is 4.40. The fourth-order valence-electron chi connectivity index (χ4n) is 1.78. The highest BCUT2D eigenvalue weighted by atomic mass is 19.1. The van der Waals surface area contributed by atoms with Gasteiger partial charge in [0.05, 0.1) is 25.2 Å². The Morgan fingerprint density at radius 1 is 1.19 bits per heavy atom. The predicted molar refractivity (Wildman–Crippen MR) is 76.0 cm³/mol. The number of primary amides is 2. The van der Waals surface area contributed by atoms with Crippen LogP contribution < -0.4 is 17.2 Å². The van der Waals surface area contributed by atoms with Crippen molar-refractivity contribution in [3.05, 3.63) is 35.1 Å². The van der Waals surface area contributed by atoms with Crippen LogP contribution in [0.2, 0.25) is 0 Å². The van der Waals surface area contributed by atoms with Crippen LogP contribution in [0.4, 0.5) is 4.39 Å². The number of carbonyl (C=O) groups is 2. The summed E-state index contributed by atoms with van der Waals surface area (Å²) in [5.41, 5.74) is 16.4. The number of amides is 2. The van der Waals surface area contributed by atoms with Crippen LogP contribution in [0.15, 0.2) is 18.2 Å². The fourth-order valence-corrected chi connectivity index (χ4v) is 1.78. The van der Waals surface area contributed by atoms with Gasteiger partial charge in [0.2, 0.25) is 11.8 Å². The summed E-state index contributed by atoms with van der Waals surface area (Å²) in [7, 11) is 0. The zero-order valence-electron chi connectivity index (χ0n) is 11.4. The maximum absolute atomic E-state index is 13.5. The van der Waals surface area contributed by atoms with E-state index in [1.165, 1.54) is 23.1 Å². The van der Waals surface area contributed by atoms with E-state index in [-0.39, 0.29) is 31.7 Å². The van der Waals surface area contributed by atoms with Crippen molar-refractivity contribution in [2.75, 3.05) is 19.6 Å². The average Bonchev–Trinajstić information content (AvgIpc) is 2.37. The third kappa shape index (κ3) is 6.03. The minimum absolute atomic E-state index is 0.121. The summed E-state index contributed by atoms with van der Waals surface area (Å²) in [4.78, 5) is 23.4. The molecule has 7 heteroatoms. The minimum Gasteiger partial charge on any atom is -0.369 e. The highest BCUT2D eigenvalue weighted by molar-refractivity contribution is 5.79. The van der Waals surface area contributed by atoms with Gasteiger partial charge >= 0.3 is 0 Å². The predicted octanol–water partition coefficient (Wildman–Crippen LogP) is -1.09. The summed E-state index contributed by atoms with van der Waals surface area (Å²) < 4.78 is 13.5. The second kappa shape index (κ2) is 7.99. The Labute approximate surface area is 122 Å². The van der Waals surface area contributed by atoms with Gasteiger partial charge in [-0.05, 0) is 17.7 Å². The fraction of sp³-hybridized carbons (Fsp3) is 0.286. The van der Waals surface area contributed by atoms with E-state index in [0.717, 1.165) is 0 Å². The molecule has 0 aliphatic rings. The molecule has 1 rings (SSSR count). The molecule has 1 aromatic rings. The molecule has 0 bridgehead atoms. The molecule has 0 aromatic heterocycles. The zero-order chi connectivity index (χ0) is 15.8. The van der Waals surface area contributed by atoms with E-state index in [9.17, 15) is 14.0 Å². The van der Waals surface area contributed by atoms with E-state index in [2.05, 4.69) is 11.8 Å². The molecule has 0 aliphatic heterocycles. The summed E-state index contributed by atoms with van der Waals surface area (Å²) in [5.74, 6) is 3.56. The van der Waals surface area contributed by atoms with Gasteiger partial charge in [0.15, 0.2) is 0 Å². The normalized spacial score (nSPS) is 10.0. The third-order valence-electron chi connectivity index (χ3n) is 2.52. The van der Waals surface area contributed by atoms with Crippen LogP contribution in [0.3, 0.4) is 0 Å². The van der Waals surface area contributed by atoms with Crippen molar-refractivity contribution in [1.29, 1.82) is 0 Å². The van der Waals surface area contributed by atoms with Crippen molar-refractivity contribution < 1.29 is 14.0 Å². The van der Waals surface area contributed by atoms with Crippen LogP contribution in [0, 0.1) is 17.7 Å². The van der Waals surface area contributed by atoms with Crippen LogP contribution in [0.25, 0.3) is 0 Å². The monoisotopic (exact) mass is 292 g/mol. The Bertz CT molecular complexity index is 576. The molecule has 0 aliphatic carbocycles. The maximum atomic E-state index is 13.5. The molecule has 1 aromatic carbocycles. The topological polar surface area (TPSA) is 115 Å². The molecule has 0 atom stereocenters. The van der Waals surface area contributed by atoms with E-state index in [1.807, 2.05) is 0 Å². The van der Waals surface area contributed by atoms with Crippen LogP contribution in [0.1, 0.15) is 11.1 Å². The highest BCUT2D eigenvalue weighted by Gasteiger charge is 2.12. The molecule has 0 saturated heterocycles. The van der Waals surface area contributed by atoms with Crippen LogP contribution in [-0.2, 0) is 16.1 Å². The molecule has 0 fully saturated rings. The number of halogens is 1. The lowest BCUT2D eigenvalue weighted by molar-refractivity contribution is -0.122. The number of hydrogen-bond donors (Lipinski definition) is 3. The van der Waals surface area contributed by atoms with Crippen molar-refractivity contribution in [1.82, 2.24) is 4.90 Å². The molecule has 0 saturated carbocycles. The number of carbonyl (C=O) groups excluding carboxylic acids is 2. The van der Waals surface area contributed by atoms with Crippen LogP contribution in [-0.4, -0.2) is 36.3 Å². The second-order valence-electron chi connectivity index (χ2n) is 4.40. The number of nitrogens with zero attached hydrogens (tertiary/aromatic N) is 1. The van der Waals surface area contributed by atoms with Crippen LogP contribution >= 0.6 is 0 Å². The van der Waals surface area contributed by atoms with Gasteiger partial charge in [-0.1, -0.05) is 17.9 Å². The summed E-state index contributed by atoms with van der Waals surface area (Å²) >= 11 is 0. The first kappa shape index (κ1) is 16.6. The molecule has 112 valence electrons. The molecular weight excluding hydrogens is 275 g/mol. The molecule has 6 N–H and O–H groups in total. The molecular formula is C14H17FN4O2. The van der Waals surface area contributed by atoms with E-state index >= 15 is 0 Å². The van der Waals surface area contributed by atoms with Crippen molar-refractivity contribution >= 4 is 11.8 Å². The largest absolute Gasteiger partial charge is 0.369 e. The lowest BCUT2D eigenvalue weighted by atomic mass is 10.1. The van der Waals surface area contributed by atoms with E-state index < -0.39 is 17.6 Å². The van der Waals surface area contributed by atoms with Gasteiger partial charge in [-0.25, -0.2) is 4.39 Å². The first-order chi connectivity index (χ1) is 9.92. The standard InChI is InChI=1S/C14H17FN4O2/c15-12-4-3-10(6-11(12)2-1-5-16)7-19(8-13(17)20)9-14(18)21/h3-4,6H,5,7-9,16H2,(H2,17,20)(H2,18,21). The number of hydrogen-bond acceptors (Lipinski definition) is 4. The van der Waals surface area contributed by atoms with Gasteiger partial charge in [0.1, 0.15) is 5.82 Å². The molecule has 0 heterocycles. The molecule has 6 nitrogen and oxygen atoms in total. The smallest absolute Gasteiger partial charge is 0.231 e. The summed E-state index contributed by atoms with van der Waals surface area (Å²) in [6, 6.07) is 4.34. The summed E-state index contributed by atoms with van der Waals surface area (Å²) in [6.45, 7) is 0.108. The highest BCUT2D eigenvalue weighted by Crippen LogP contribution is 2.11. The van der Waals surface area contributed by atoms with Gasteiger partial charge in [0.25, 0.3) is 0 Å². The lowest BCUT2D eigenvalue weighted by Crippen LogP contribution is -2.39. The Hall–Kier alpha value is -2.43. The Morgan fingerprint density at radius 2 is 1.81 bits per heavy atom. The average molecular weight is 292 g/mol. The van der Waals surface area contributed by atoms with Crippen molar-refractivity contribution in [2.45, 2.75) is 6.54 Å². The summed E-state index contributed by atoms with van der Waals surface area (Å²) in [5, 5.41) is 0. The first-order valence-electron chi connectivity index (χ1n) is 6.18. The van der Waals surface area contributed by atoms with Gasteiger partial charge < -0.3 is 17.2 Å². The van der Waals surface area contributed by atoms with E-state index in [4.69, 9.17) is 17.2 Å². The Morgan fingerprint density at radius 3 is 2.33 bits per heavy atom. The molecule has 21 heavy (non-hydrogen) atoms. The van der Waals surface area contributed by atoms with Gasteiger partial charge in [-0.2, -0.15) is 0 Å². The number of rotatable bonds is 6. The third-order valence-corrected chi connectivity index (χ3v) is 2.52. The van der Waals surface area contributed by atoms with Gasteiger partial charge in [0, 0.05) is 6.54 Å². The number of nitrogens with two attached hydrogens (primary N) is 3. The van der Waals surface area contributed by atoms with Crippen molar-refractivity contribution in [3.63, 3.8) is 0 Å². The number of benzene rings is 1. The first-order valence-corrected chi connectivity index (χ1v) is 6.18.